The SMILES string of the molecule is CCOC1CC(NCc2cc(F)c(O)c(F)c2)C1. The predicted octanol–water partition coefficient (Wildman–Crippen LogP) is 2.33. The average molecular weight is 257 g/mol. The van der Waals surface area contributed by atoms with Gasteiger partial charge in [-0.2, -0.15) is 0 Å². The van der Waals surface area contributed by atoms with Crippen LogP contribution in [0.5, 0.6) is 5.75 Å². The zero-order valence-corrected chi connectivity index (χ0v) is 10.2. The van der Waals surface area contributed by atoms with E-state index in [0.717, 1.165) is 25.0 Å². The highest BCUT2D eigenvalue weighted by Crippen LogP contribution is 2.25. The fourth-order valence-corrected chi connectivity index (χ4v) is 2.09. The minimum absolute atomic E-state index is 0.306. The molecule has 0 bridgehead atoms. The molecule has 0 atom stereocenters. The Kier molecular flexibility index (Phi) is 4.14. The van der Waals surface area contributed by atoms with Crippen molar-refractivity contribution in [2.45, 2.75) is 38.5 Å². The standard InChI is InChI=1S/C13H17F2NO2/c1-2-18-10-5-9(6-10)16-7-8-3-11(14)13(17)12(15)4-8/h3-4,9-10,16-17H,2,5-7H2,1H3. The lowest BCUT2D eigenvalue weighted by molar-refractivity contribution is -0.0102. The Hall–Kier alpha value is -1.20. The highest BCUT2D eigenvalue weighted by atomic mass is 19.1. The number of phenolic OH excluding ortho intramolecular Hbond substituents is 1. The van der Waals surface area contributed by atoms with E-state index in [2.05, 4.69) is 5.32 Å². The molecule has 18 heavy (non-hydrogen) atoms. The van der Waals surface area contributed by atoms with Crippen LogP contribution in [0.15, 0.2) is 12.1 Å². The summed E-state index contributed by atoms with van der Waals surface area (Å²) in [7, 11) is 0. The second-order valence-corrected chi connectivity index (χ2v) is 4.53. The van der Waals surface area contributed by atoms with Crippen LogP contribution in [0.4, 0.5) is 8.78 Å². The fourth-order valence-electron chi connectivity index (χ4n) is 2.09. The Morgan fingerprint density at radius 3 is 2.50 bits per heavy atom. The van der Waals surface area contributed by atoms with Crippen molar-refractivity contribution in [3.63, 3.8) is 0 Å². The Labute approximate surface area is 105 Å². The number of ether oxygens (including phenoxy) is 1. The van der Waals surface area contributed by atoms with Gasteiger partial charge in [0.1, 0.15) is 0 Å². The van der Waals surface area contributed by atoms with E-state index in [1.54, 1.807) is 0 Å². The second-order valence-electron chi connectivity index (χ2n) is 4.53. The normalized spacial score (nSPS) is 22.8. The van der Waals surface area contributed by atoms with E-state index in [-0.39, 0.29) is 0 Å². The van der Waals surface area contributed by atoms with Gasteiger partial charge in [0.15, 0.2) is 17.4 Å². The Balaban J connectivity index is 1.81. The highest BCUT2D eigenvalue weighted by molar-refractivity contribution is 5.30. The van der Waals surface area contributed by atoms with Crippen LogP contribution in [0, 0.1) is 11.6 Å². The monoisotopic (exact) mass is 257 g/mol. The van der Waals surface area contributed by atoms with Crippen molar-refractivity contribution < 1.29 is 18.6 Å². The second kappa shape index (κ2) is 5.63. The molecule has 0 aromatic heterocycles. The van der Waals surface area contributed by atoms with Crippen LogP contribution in [0.3, 0.4) is 0 Å². The Morgan fingerprint density at radius 1 is 1.33 bits per heavy atom. The van der Waals surface area contributed by atoms with Crippen LogP contribution in [0.2, 0.25) is 0 Å². The van der Waals surface area contributed by atoms with Crippen LogP contribution in [-0.2, 0) is 11.3 Å². The summed E-state index contributed by atoms with van der Waals surface area (Å²) >= 11 is 0. The molecule has 1 aromatic carbocycles. The number of nitrogens with one attached hydrogen (secondary N) is 1. The molecule has 0 spiro atoms. The molecule has 1 aliphatic carbocycles. The number of benzene rings is 1. The summed E-state index contributed by atoms with van der Waals surface area (Å²) in [6.07, 6.45) is 2.16. The summed E-state index contributed by atoms with van der Waals surface area (Å²) in [6, 6.07) is 2.62. The van der Waals surface area contributed by atoms with E-state index >= 15 is 0 Å². The predicted molar refractivity (Wildman–Crippen MR) is 63.3 cm³/mol. The zero-order chi connectivity index (χ0) is 13.1. The molecule has 2 rings (SSSR count). The van der Waals surface area contributed by atoms with Crippen molar-refractivity contribution in [3.8, 4) is 5.75 Å². The van der Waals surface area contributed by atoms with Gasteiger partial charge in [-0.15, -0.1) is 0 Å². The molecule has 0 saturated heterocycles. The molecule has 1 aromatic rings. The van der Waals surface area contributed by atoms with Crippen molar-refractivity contribution in [3.05, 3.63) is 29.3 Å². The van der Waals surface area contributed by atoms with Gasteiger partial charge in [-0.05, 0) is 37.5 Å². The lowest BCUT2D eigenvalue weighted by Gasteiger charge is -2.35. The zero-order valence-electron chi connectivity index (χ0n) is 10.2. The van der Waals surface area contributed by atoms with Crippen LogP contribution < -0.4 is 5.32 Å². The van der Waals surface area contributed by atoms with Gasteiger partial charge in [-0.1, -0.05) is 0 Å². The van der Waals surface area contributed by atoms with Gasteiger partial charge >= 0.3 is 0 Å². The Morgan fingerprint density at radius 2 is 1.94 bits per heavy atom. The van der Waals surface area contributed by atoms with Crippen LogP contribution in [0.1, 0.15) is 25.3 Å². The molecule has 0 amide bonds. The van der Waals surface area contributed by atoms with Gasteiger partial charge in [0.05, 0.1) is 6.10 Å². The quantitative estimate of drug-likeness (QED) is 0.850. The topological polar surface area (TPSA) is 41.5 Å². The molecular weight excluding hydrogens is 240 g/mol. The molecule has 1 aliphatic rings. The minimum Gasteiger partial charge on any atom is -0.503 e. The summed E-state index contributed by atoms with van der Waals surface area (Å²) < 4.78 is 31.6. The number of halogens is 2. The number of phenols is 1. The summed E-state index contributed by atoms with van der Waals surface area (Å²) in [4.78, 5) is 0. The summed E-state index contributed by atoms with van der Waals surface area (Å²) in [5, 5.41) is 12.2. The third-order valence-corrected chi connectivity index (χ3v) is 3.17. The lowest BCUT2D eigenvalue weighted by Crippen LogP contribution is -2.45. The lowest BCUT2D eigenvalue weighted by atomic mass is 9.89. The maximum Gasteiger partial charge on any atom is 0.187 e. The van der Waals surface area contributed by atoms with E-state index in [9.17, 15) is 8.78 Å². The molecule has 0 unspecified atom stereocenters. The molecule has 100 valence electrons. The molecule has 2 N–H and O–H groups in total. The molecule has 1 fully saturated rings. The van der Waals surface area contributed by atoms with E-state index in [4.69, 9.17) is 9.84 Å². The minimum atomic E-state index is -0.924. The van der Waals surface area contributed by atoms with E-state index in [1.165, 1.54) is 0 Å². The van der Waals surface area contributed by atoms with Gasteiger partial charge in [-0.3, -0.25) is 0 Å². The van der Waals surface area contributed by atoms with Gasteiger partial charge in [0, 0.05) is 19.2 Å². The maximum absolute atomic E-state index is 13.1. The molecule has 5 heteroatoms. The Bertz CT molecular complexity index is 396. The third kappa shape index (κ3) is 2.97. The third-order valence-electron chi connectivity index (χ3n) is 3.17. The van der Waals surface area contributed by atoms with E-state index in [0.29, 0.717) is 30.9 Å². The largest absolute Gasteiger partial charge is 0.503 e. The van der Waals surface area contributed by atoms with Crippen molar-refractivity contribution in [2.24, 2.45) is 0 Å². The first-order valence-corrected chi connectivity index (χ1v) is 6.12. The first-order valence-electron chi connectivity index (χ1n) is 6.12. The van der Waals surface area contributed by atoms with E-state index < -0.39 is 17.4 Å². The van der Waals surface area contributed by atoms with Gasteiger partial charge < -0.3 is 15.2 Å². The highest BCUT2D eigenvalue weighted by Gasteiger charge is 2.28. The molecule has 0 heterocycles. The molecule has 3 nitrogen and oxygen atoms in total. The smallest absolute Gasteiger partial charge is 0.187 e. The first kappa shape index (κ1) is 13.2. The maximum atomic E-state index is 13.1. The van der Waals surface area contributed by atoms with E-state index in [1.807, 2.05) is 6.92 Å². The number of hydrogen-bond donors (Lipinski definition) is 2. The van der Waals surface area contributed by atoms with Crippen LogP contribution >= 0.6 is 0 Å². The number of aromatic hydroxyl groups is 1. The first-order chi connectivity index (χ1) is 8.60. The van der Waals surface area contributed by atoms with Crippen LogP contribution in [-0.4, -0.2) is 23.9 Å². The van der Waals surface area contributed by atoms with Crippen molar-refractivity contribution in [1.29, 1.82) is 0 Å². The molecule has 0 radical (unpaired) electrons. The number of hydrogen-bond acceptors (Lipinski definition) is 3. The van der Waals surface area contributed by atoms with Gasteiger partial charge in [0.25, 0.3) is 0 Å². The van der Waals surface area contributed by atoms with Crippen molar-refractivity contribution in [2.75, 3.05) is 6.61 Å². The fraction of sp³-hybridized carbons (Fsp3) is 0.538. The summed E-state index contributed by atoms with van der Waals surface area (Å²) in [6.45, 7) is 3.06. The average Bonchev–Trinajstić information content (AvgIpc) is 2.28. The molecular formula is C13H17F2NO2. The molecule has 1 saturated carbocycles. The van der Waals surface area contributed by atoms with Crippen molar-refractivity contribution >= 4 is 0 Å². The number of rotatable bonds is 5. The van der Waals surface area contributed by atoms with Crippen LogP contribution in [0.25, 0.3) is 0 Å². The van der Waals surface area contributed by atoms with Gasteiger partial charge in [-0.25, -0.2) is 8.78 Å². The van der Waals surface area contributed by atoms with Gasteiger partial charge in [0.2, 0.25) is 0 Å². The van der Waals surface area contributed by atoms with Crippen molar-refractivity contribution in [1.82, 2.24) is 5.32 Å². The molecule has 0 aliphatic heterocycles. The summed E-state index contributed by atoms with van der Waals surface area (Å²) in [5.74, 6) is -2.76. The summed E-state index contributed by atoms with van der Waals surface area (Å²) in [5.41, 5.74) is 0.489.